The third-order valence-electron chi connectivity index (χ3n) is 3.55. The van der Waals surface area contributed by atoms with Crippen molar-refractivity contribution in [2.45, 2.75) is 26.8 Å². The minimum atomic E-state index is -0.819. The van der Waals surface area contributed by atoms with Gasteiger partial charge >= 0.3 is 5.97 Å². The maximum absolute atomic E-state index is 11.2. The molecule has 1 N–H and O–H groups in total. The van der Waals surface area contributed by atoms with Crippen LogP contribution in [0.4, 0.5) is 5.82 Å². The molecular weight excluding hydrogens is 268 g/mol. The number of benzene rings is 1. The van der Waals surface area contributed by atoms with Crippen LogP contribution in [-0.2, 0) is 4.79 Å². The average molecular weight is 288 g/mol. The van der Waals surface area contributed by atoms with Crippen LogP contribution in [0.15, 0.2) is 40.9 Å². The monoisotopic (exact) mass is 288 g/mol. The predicted molar refractivity (Wildman–Crippen MR) is 80.2 cm³/mol. The maximum atomic E-state index is 11.2. The van der Waals surface area contributed by atoms with Gasteiger partial charge in [0.2, 0.25) is 0 Å². The number of anilines is 1. The lowest BCUT2D eigenvalue weighted by Gasteiger charge is -2.30. The molecule has 1 heterocycles. The third-order valence-corrected chi connectivity index (χ3v) is 3.55. The number of carbonyl (C=O) groups is 1. The van der Waals surface area contributed by atoms with Gasteiger partial charge in [0.1, 0.15) is 5.76 Å². The molecule has 1 aromatic carbocycles. The van der Waals surface area contributed by atoms with Crippen molar-refractivity contribution in [1.82, 2.24) is 5.16 Å². The third kappa shape index (κ3) is 3.62. The number of nitrogens with zero attached hydrogens (tertiary/aromatic N) is 2. The number of hydrogen-bond donors (Lipinski definition) is 1. The summed E-state index contributed by atoms with van der Waals surface area (Å²) in [5.41, 5.74) is 1.11. The molecule has 2 atom stereocenters. The Bertz CT molecular complexity index is 595. The summed E-state index contributed by atoms with van der Waals surface area (Å²) in [5, 5.41) is 13.2. The summed E-state index contributed by atoms with van der Waals surface area (Å²) in [7, 11) is 0. The van der Waals surface area contributed by atoms with Crippen LogP contribution in [0, 0.1) is 12.8 Å². The zero-order chi connectivity index (χ0) is 15.4. The van der Waals surface area contributed by atoms with Crippen molar-refractivity contribution >= 4 is 11.8 Å². The number of aryl methyl sites for hydroxylation is 1. The van der Waals surface area contributed by atoms with Gasteiger partial charge in [0.25, 0.3) is 0 Å². The van der Waals surface area contributed by atoms with Gasteiger partial charge in [0.15, 0.2) is 5.82 Å². The predicted octanol–water partition coefficient (Wildman–Crippen LogP) is 3.27. The maximum Gasteiger partial charge on any atom is 0.308 e. The van der Waals surface area contributed by atoms with Crippen molar-refractivity contribution in [3.63, 3.8) is 0 Å². The van der Waals surface area contributed by atoms with Crippen molar-refractivity contribution in [1.29, 1.82) is 0 Å². The Kier molecular flexibility index (Phi) is 4.62. The van der Waals surface area contributed by atoms with Crippen LogP contribution in [0.3, 0.4) is 0 Å². The van der Waals surface area contributed by atoms with E-state index in [-0.39, 0.29) is 6.04 Å². The molecule has 1 aromatic heterocycles. The summed E-state index contributed by atoms with van der Waals surface area (Å²) in [6.45, 7) is 5.92. The lowest BCUT2D eigenvalue weighted by molar-refractivity contribution is -0.140. The minimum absolute atomic E-state index is 0.0116. The van der Waals surface area contributed by atoms with Gasteiger partial charge in [0.05, 0.1) is 12.0 Å². The average Bonchev–Trinajstić information content (AvgIpc) is 2.91. The lowest BCUT2D eigenvalue weighted by Crippen LogP contribution is -2.34. The van der Waals surface area contributed by atoms with Crippen molar-refractivity contribution in [2.24, 2.45) is 5.92 Å². The first-order valence-electron chi connectivity index (χ1n) is 6.96. The molecule has 21 heavy (non-hydrogen) atoms. The van der Waals surface area contributed by atoms with Crippen LogP contribution in [0.25, 0.3) is 0 Å². The molecule has 0 aliphatic rings. The normalized spacial score (nSPS) is 13.7. The topological polar surface area (TPSA) is 66.6 Å². The molecule has 112 valence electrons. The quantitative estimate of drug-likeness (QED) is 0.883. The van der Waals surface area contributed by atoms with Crippen LogP contribution in [0.1, 0.15) is 31.2 Å². The summed E-state index contributed by atoms with van der Waals surface area (Å²) in [5.74, 6) is 0.0591. The van der Waals surface area contributed by atoms with Crippen molar-refractivity contribution in [2.75, 3.05) is 11.4 Å². The summed E-state index contributed by atoms with van der Waals surface area (Å²) in [6, 6.07) is 11.8. The molecule has 0 spiro atoms. The molecule has 0 fully saturated rings. The summed E-state index contributed by atoms with van der Waals surface area (Å²) < 4.78 is 5.13. The van der Waals surface area contributed by atoms with Gasteiger partial charge in [-0.2, -0.15) is 0 Å². The summed E-state index contributed by atoms with van der Waals surface area (Å²) in [4.78, 5) is 13.1. The van der Waals surface area contributed by atoms with Crippen molar-refractivity contribution in [3.05, 3.63) is 47.7 Å². The number of carboxylic acids is 1. The van der Waals surface area contributed by atoms with Gasteiger partial charge in [-0.25, -0.2) is 0 Å². The first-order valence-corrected chi connectivity index (χ1v) is 6.96. The zero-order valence-electron chi connectivity index (χ0n) is 12.5. The molecule has 0 amide bonds. The first kappa shape index (κ1) is 15.1. The number of hydrogen-bond acceptors (Lipinski definition) is 4. The molecule has 5 nitrogen and oxygen atoms in total. The van der Waals surface area contributed by atoms with Crippen molar-refractivity contribution in [3.8, 4) is 0 Å². The molecule has 0 radical (unpaired) electrons. The number of aromatic nitrogens is 1. The highest BCUT2D eigenvalue weighted by Gasteiger charge is 2.24. The smallest absolute Gasteiger partial charge is 0.308 e. The summed E-state index contributed by atoms with van der Waals surface area (Å²) in [6.07, 6.45) is 0. The molecule has 0 aliphatic carbocycles. The summed E-state index contributed by atoms with van der Waals surface area (Å²) >= 11 is 0. The Hall–Kier alpha value is -2.30. The van der Waals surface area contributed by atoms with E-state index in [2.05, 4.69) is 5.16 Å². The molecule has 0 saturated carbocycles. The van der Waals surface area contributed by atoms with Gasteiger partial charge in [-0.1, -0.05) is 42.4 Å². The van der Waals surface area contributed by atoms with E-state index in [1.165, 1.54) is 0 Å². The standard InChI is InChI=1S/C16H20N2O3/c1-11(16(19)20)10-18(15-9-12(2)21-17-15)13(3)14-7-5-4-6-8-14/h4-9,11,13H,10H2,1-3H3,(H,19,20). The fourth-order valence-corrected chi connectivity index (χ4v) is 2.22. The Morgan fingerprint density at radius 3 is 2.52 bits per heavy atom. The molecule has 5 heteroatoms. The molecule has 2 aromatic rings. The molecule has 0 aliphatic heterocycles. The van der Waals surface area contributed by atoms with E-state index in [1.807, 2.05) is 55.1 Å². The lowest BCUT2D eigenvalue weighted by atomic mass is 10.0. The highest BCUT2D eigenvalue weighted by Crippen LogP contribution is 2.27. The second-order valence-corrected chi connectivity index (χ2v) is 5.27. The fraction of sp³-hybridized carbons (Fsp3) is 0.375. The van der Waals surface area contributed by atoms with Gasteiger partial charge in [-0.05, 0) is 19.4 Å². The number of carboxylic acid groups (broad SMARTS) is 1. The minimum Gasteiger partial charge on any atom is -0.481 e. The van der Waals surface area contributed by atoms with E-state index in [9.17, 15) is 4.79 Å². The van der Waals surface area contributed by atoms with Crippen LogP contribution < -0.4 is 4.90 Å². The molecular formula is C16H20N2O3. The molecule has 2 unspecified atom stereocenters. The SMILES string of the molecule is Cc1cc(N(CC(C)C(=O)O)C(C)c2ccccc2)no1. The number of aliphatic carboxylic acids is 1. The molecule has 0 saturated heterocycles. The van der Waals surface area contributed by atoms with Crippen LogP contribution >= 0.6 is 0 Å². The zero-order valence-corrected chi connectivity index (χ0v) is 12.5. The molecule has 0 bridgehead atoms. The Balaban J connectivity index is 2.29. The van der Waals surface area contributed by atoms with Crippen LogP contribution in [0.5, 0.6) is 0 Å². The van der Waals surface area contributed by atoms with E-state index in [1.54, 1.807) is 6.92 Å². The molecule has 2 rings (SSSR count). The first-order chi connectivity index (χ1) is 9.99. The highest BCUT2D eigenvalue weighted by atomic mass is 16.5. The largest absolute Gasteiger partial charge is 0.481 e. The fourth-order valence-electron chi connectivity index (χ4n) is 2.22. The second kappa shape index (κ2) is 6.43. The van der Waals surface area contributed by atoms with E-state index in [4.69, 9.17) is 9.63 Å². The van der Waals surface area contributed by atoms with Gasteiger partial charge < -0.3 is 14.5 Å². The van der Waals surface area contributed by atoms with Crippen molar-refractivity contribution < 1.29 is 14.4 Å². The van der Waals surface area contributed by atoms with Crippen LogP contribution in [0.2, 0.25) is 0 Å². The van der Waals surface area contributed by atoms with E-state index in [0.29, 0.717) is 18.1 Å². The van der Waals surface area contributed by atoms with E-state index in [0.717, 1.165) is 5.56 Å². The van der Waals surface area contributed by atoms with Gasteiger partial charge in [-0.3, -0.25) is 4.79 Å². The number of rotatable bonds is 6. The van der Waals surface area contributed by atoms with Crippen LogP contribution in [-0.4, -0.2) is 22.8 Å². The van der Waals surface area contributed by atoms with E-state index >= 15 is 0 Å². The van der Waals surface area contributed by atoms with Gasteiger partial charge in [0, 0.05) is 12.6 Å². The van der Waals surface area contributed by atoms with E-state index < -0.39 is 11.9 Å². The second-order valence-electron chi connectivity index (χ2n) is 5.27. The van der Waals surface area contributed by atoms with Gasteiger partial charge in [-0.15, -0.1) is 0 Å². The Morgan fingerprint density at radius 1 is 1.33 bits per heavy atom. The Morgan fingerprint density at radius 2 is 2.00 bits per heavy atom. The highest BCUT2D eigenvalue weighted by molar-refractivity contribution is 5.70. The Labute approximate surface area is 124 Å².